The predicted octanol–water partition coefficient (Wildman–Crippen LogP) is 2.91. The van der Waals surface area contributed by atoms with E-state index in [-0.39, 0.29) is 0 Å². The molecule has 0 aliphatic heterocycles. The normalized spacial score (nSPS) is 10.6. The van der Waals surface area contributed by atoms with Crippen LogP contribution >= 0.6 is 33.9 Å². The van der Waals surface area contributed by atoms with E-state index in [1.807, 2.05) is 22.6 Å². The Morgan fingerprint density at radius 3 is 3.00 bits per heavy atom. The fraction of sp³-hybridized carbons (Fsp3) is 0.333. The molecule has 2 heterocycles. The molecule has 0 bridgehead atoms. The van der Waals surface area contributed by atoms with E-state index >= 15 is 0 Å². The van der Waals surface area contributed by atoms with Crippen molar-refractivity contribution in [3.63, 3.8) is 0 Å². The van der Waals surface area contributed by atoms with Crippen molar-refractivity contribution in [2.24, 2.45) is 0 Å². The summed E-state index contributed by atoms with van der Waals surface area (Å²) in [4.78, 5) is 5.56. The molecule has 5 heteroatoms. The van der Waals surface area contributed by atoms with E-state index < -0.39 is 0 Å². The quantitative estimate of drug-likeness (QED) is 0.813. The van der Waals surface area contributed by atoms with Gasteiger partial charge >= 0.3 is 0 Å². The zero-order valence-electron chi connectivity index (χ0n) is 7.44. The minimum Gasteiger partial charge on any atom is -0.339 e. The Morgan fingerprint density at radius 1 is 1.43 bits per heavy atom. The summed E-state index contributed by atoms with van der Waals surface area (Å²) in [6, 6.07) is 4.23. The maximum atomic E-state index is 5.02. The molecule has 2 rings (SSSR count). The molecule has 2 aromatic heterocycles. The van der Waals surface area contributed by atoms with Gasteiger partial charge in [-0.05, 0) is 24.3 Å². The number of thiophene rings is 1. The van der Waals surface area contributed by atoms with Crippen molar-refractivity contribution in [3.8, 4) is 0 Å². The first kappa shape index (κ1) is 10.1. The van der Waals surface area contributed by atoms with Crippen LogP contribution < -0.4 is 0 Å². The number of hydrogen-bond acceptors (Lipinski definition) is 4. The van der Waals surface area contributed by atoms with E-state index in [0.717, 1.165) is 25.2 Å². The molecule has 2 aromatic rings. The summed E-state index contributed by atoms with van der Waals surface area (Å²) in [6.07, 6.45) is 3.03. The topological polar surface area (TPSA) is 38.9 Å². The van der Waals surface area contributed by atoms with Crippen LogP contribution in [0.1, 0.15) is 17.2 Å². The van der Waals surface area contributed by atoms with E-state index in [2.05, 4.69) is 27.7 Å². The van der Waals surface area contributed by atoms with Gasteiger partial charge < -0.3 is 4.52 Å². The molecule has 3 nitrogen and oxygen atoms in total. The predicted molar refractivity (Wildman–Crippen MR) is 63.4 cm³/mol. The van der Waals surface area contributed by atoms with Gasteiger partial charge in [-0.25, -0.2) is 0 Å². The number of nitrogens with zero attached hydrogens (tertiary/aromatic N) is 2. The van der Waals surface area contributed by atoms with Crippen LogP contribution in [-0.4, -0.2) is 10.1 Å². The van der Waals surface area contributed by atoms with Crippen molar-refractivity contribution in [2.45, 2.75) is 19.3 Å². The lowest BCUT2D eigenvalue weighted by molar-refractivity contribution is 0.372. The van der Waals surface area contributed by atoms with Crippen LogP contribution in [0.2, 0.25) is 0 Å². The minimum atomic E-state index is 0.689. The van der Waals surface area contributed by atoms with Gasteiger partial charge in [0.25, 0.3) is 0 Å². The average molecular weight is 320 g/mol. The molecule has 74 valence electrons. The zero-order chi connectivity index (χ0) is 9.80. The van der Waals surface area contributed by atoms with Gasteiger partial charge in [0.2, 0.25) is 9.72 Å². The summed E-state index contributed by atoms with van der Waals surface area (Å²) in [6.45, 7) is 0. The van der Waals surface area contributed by atoms with E-state index in [1.54, 1.807) is 11.3 Å². The number of aryl methyl sites for hydroxylation is 2. The number of hydrogen-bond donors (Lipinski definition) is 0. The Balaban J connectivity index is 1.78. The molecular weight excluding hydrogens is 311 g/mol. The van der Waals surface area contributed by atoms with Crippen LogP contribution in [0.25, 0.3) is 0 Å². The lowest BCUT2D eigenvalue weighted by atomic mass is 10.2. The molecule has 0 atom stereocenters. The van der Waals surface area contributed by atoms with Crippen LogP contribution in [0.5, 0.6) is 0 Å². The lowest BCUT2D eigenvalue weighted by Gasteiger charge is -1.93. The van der Waals surface area contributed by atoms with Gasteiger partial charge in [0, 0.05) is 33.9 Å². The third-order valence-electron chi connectivity index (χ3n) is 1.84. The Morgan fingerprint density at radius 2 is 2.36 bits per heavy atom. The van der Waals surface area contributed by atoms with Gasteiger partial charge in [0.1, 0.15) is 0 Å². The number of halogens is 1. The molecule has 0 N–H and O–H groups in total. The fourth-order valence-corrected chi connectivity index (χ4v) is 2.32. The van der Waals surface area contributed by atoms with Crippen molar-refractivity contribution in [1.82, 2.24) is 10.1 Å². The lowest BCUT2D eigenvalue weighted by Crippen LogP contribution is -1.88. The third-order valence-corrected chi connectivity index (χ3v) is 3.21. The smallest absolute Gasteiger partial charge is 0.232 e. The van der Waals surface area contributed by atoms with Crippen LogP contribution in [0, 0.1) is 3.83 Å². The number of aromatic nitrogens is 2. The van der Waals surface area contributed by atoms with Crippen molar-refractivity contribution in [3.05, 3.63) is 32.1 Å². The van der Waals surface area contributed by atoms with Gasteiger partial charge in [-0.15, -0.1) is 11.3 Å². The first-order chi connectivity index (χ1) is 6.84. The maximum absolute atomic E-state index is 5.02. The van der Waals surface area contributed by atoms with Crippen molar-refractivity contribution in [2.75, 3.05) is 0 Å². The highest BCUT2D eigenvalue weighted by molar-refractivity contribution is 14.1. The van der Waals surface area contributed by atoms with Gasteiger partial charge in [-0.1, -0.05) is 11.2 Å². The van der Waals surface area contributed by atoms with Gasteiger partial charge in [0.15, 0.2) is 0 Å². The van der Waals surface area contributed by atoms with Crippen molar-refractivity contribution >= 4 is 33.9 Å². The highest BCUT2D eigenvalue weighted by atomic mass is 127. The molecule has 0 aromatic carbocycles. The molecular formula is C9H9IN2OS. The van der Waals surface area contributed by atoms with E-state index in [9.17, 15) is 0 Å². The fourth-order valence-electron chi connectivity index (χ4n) is 1.20. The van der Waals surface area contributed by atoms with Gasteiger partial charge in [-0.2, -0.15) is 4.98 Å². The molecule has 0 radical (unpaired) electrons. The number of rotatable bonds is 4. The second-order valence-corrected chi connectivity index (χ2v) is 4.89. The largest absolute Gasteiger partial charge is 0.339 e. The van der Waals surface area contributed by atoms with Gasteiger partial charge in [-0.3, -0.25) is 0 Å². The summed E-state index contributed by atoms with van der Waals surface area (Å²) in [7, 11) is 0. The Kier molecular flexibility index (Phi) is 3.52. The van der Waals surface area contributed by atoms with E-state index in [1.165, 1.54) is 4.88 Å². The van der Waals surface area contributed by atoms with E-state index in [0.29, 0.717) is 3.83 Å². The molecule has 0 saturated heterocycles. The van der Waals surface area contributed by atoms with Crippen LogP contribution in [0.15, 0.2) is 22.0 Å². The highest BCUT2D eigenvalue weighted by Gasteiger charge is 2.03. The van der Waals surface area contributed by atoms with Gasteiger partial charge in [0.05, 0.1) is 0 Å². The Labute approximate surface area is 99.7 Å². The standard InChI is InChI=1S/C9H9IN2OS/c10-9-11-8(13-12-9)5-1-3-7-4-2-6-14-7/h2,4,6H,1,3,5H2. The monoisotopic (exact) mass is 320 g/mol. The maximum Gasteiger partial charge on any atom is 0.232 e. The SMILES string of the molecule is Ic1noc(CCCc2cccs2)n1. The summed E-state index contributed by atoms with van der Waals surface area (Å²) in [5.74, 6) is 0.742. The highest BCUT2D eigenvalue weighted by Crippen LogP contribution is 2.12. The minimum absolute atomic E-state index is 0.689. The average Bonchev–Trinajstić information content (AvgIpc) is 2.77. The van der Waals surface area contributed by atoms with E-state index in [4.69, 9.17) is 4.52 Å². The molecule has 0 unspecified atom stereocenters. The Bertz CT molecular complexity index is 385. The second kappa shape index (κ2) is 4.88. The molecule has 0 aliphatic carbocycles. The van der Waals surface area contributed by atoms with Crippen molar-refractivity contribution in [1.29, 1.82) is 0 Å². The molecule has 14 heavy (non-hydrogen) atoms. The summed E-state index contributed by atoms with van der Waals surface area (Å²) in [5, 5.41) is 5.84. The van der Waals surface area contributed by atoms with Crippen molar-refractivity contribution < 1.29 is 4.52 Å². The molecule has 0 aliphatic rings. The molecule has 0 spiro atoms. The first-order valence-corrected chi connectivity index (χ1v) is 6.31. The molecule has 0 saturated carbocycles. The zero-order valence-corrected chi connectivity index (χ0v) is 10.4. The summed E-state index contributed by atoms with van der Waals surface area (Å²) in [5.41, 5.74) is 0. The third kappa shape index (κ3) is 2.78. The summed E-state index contributed by atoms with van der Waals surface area (Å²) < 4.78 is 5.71. The molecule has 0 amide bonds. The van der Waals surface area contributed by atoms with Crippen LogP contribution in [0.4, 0.5) is 0 Å². The van der Waals surface area contributed by atoms with Crippen LogP contribution in [0.3, 0.4) is 0 Å². The second-order valence-electron chi connectivity index (χ2n) is 2.89. The summed E-state index contributed by atoms with van der Waals surface area (Å²) >= 11 is 3.84. The first-order valence-electron chi connectivity index (χ1n) is 4.35. The molecule has 0 fully saturated rings. The van der Waals surface area contributed by atoms with Crippen LogP contribution in [-0.2, 0) is 12.8 Å². The Hall–Kier alpha value is -0.430.